The minimum absolute atomic E-state index is 0.130. The number of aromatic nitrogens is 1. The molecule has 120 valence electrons. The number of carbonyl (C=O) groups excluding carboxylic acids is 1. The van der Waals surface area contributed by atoms with Crippen LogP contribution in [0.2, 0.25) is 5.02 Å². The fraction of sp³-hybridized carbons (Fsp3) is 0.471. The van der Waals surface area contributed by atoms with Crippen molar-refractivity contribution in [3.8, 4) is 0 Å². The molecular weight excluding hydrogens is 298 g/mol. The Bertz CT molecular complexity index is 609. The van der Waals surface area contributed by atoms with Crippen molar-refractivity contribution < 1.29 is 4.79 Å². The molecular formula is C17H24ClN3O. The molecule has 0 aliphatic heterocycles. The monoisotopic (exact) mass is 321 g/mol. The first-order valence-corrected chi connectivity index (χ1v) is 8.31. The smallest absolute Gasteiger partial charge is 0.220 e. The molecule has 22 heavy (non-hydrogen) atoms. The van der Waals surface area contributed by atoms with Crippen LogP contribution in [0.3, 0.4) is 0 Å². The molecule has 0 spiro atoms. The Morgan fingerprint density at radius 3 is 2.86 bits per heavy atom. The average molecular weight is 322 g/mol. The van der Waals surface area contributed by atoms with Gasteiger partial charge in [0.05, 0.1) is 0 Å². The van der Waals surface area contributed by atoms with Crippen LogP contribution in [-0.2, 0) is 11.2 Å². The van der Waals surface area contributed by atoms with Gasteiger partial charge in [0.2, 0.25) is 5.91 Å². The fourth-order valence-electron chi connectivity index (χ4n) is 2.57. The van der Waals surface area contributed by atoms with Crippen molar-refractivity contribution in [3.05, 3.63) is 35.0 Å². The second kappa shape index (κ2) is 8.81. The number of hydrogen-bond donors (Lipinski definition) is 3. The zero-order valence-corrected chi connectivity index (χ0v) is 13.6. The minimum Gasteiger partial charge on any atom is -0.361 e. The number of H-pyrrole nitrogens is 1. The molecule has 2 rings (SSSR count). The van der Waals surface area contributed by atoms with E-state index in [0.29, 0.717) is 13.0 Å². The van der Waals surface area contributed by atoms with Crippen LogP contribution < -0.4 is 11.1 Å². The fourth-order valence-corrected chi connectivity index (χ4v) is 2.74. The summed E-state index contributed by atoms with van der Waals surface area (Å²) in [6, 6.07) is 5.81. The Morgan fingerprint density at radius 2 is 2.05 bits per heavy atom. The van der Waals surface area contributed by atoms with Crippen molar-refractivity contribution >= 4 is 28.4 Å². The summed E-state index contributed by atoms with van der Waals surface area (Å²) in [7, 11) is 0. The molecule has 0 atom stereocenters. The van der Waals surface area contributed by atoms with E-state index in [-0.39, 0.29) is 5.91 Å². The molecule has 2 aromatic rings. The van der Waals surface area contributed by atoms with Crippen molar-refractivity contribution in [1.82, 2.24) is 10.3 Å². The highest BCUT2D eigenvalue weighted by atomic mass is 35.5. The van der Waals surface area contributed by atoms with Crippen LogP contribution in [0.4, 0.5) is 0 Å². The van der Waals surface area contributed by atoms with Crippen molar-refractivity contribution in [2.24, 2.45) is 5.73 Å². The van der Waals surface area contributed by atoms with E-state index in [1.54, 1.807) is 0 Å². The molecule has 0 saturated heterocycles. The summed E-state index contributed by atoms with van der Waals surface area (Å²) in [6.45, 7) is 1.39. The summed E-state index contributed by atoms with van der Waals surface area (Å²) in [4.78, 5) is 15.0. The largest absolute Gasteiger partial charge is 0.361 e. The van der Waals surface area contributed by atoms with Crippen LogP contribution >= 0.6 is 11.6 Å². The number of amides is 1. The Labute approximate surface area is 136 Å². The van der Waals surface area contributed by atoms with Gasteiger partial charge in [-0.05, 0) is 49.6 Å². The highest BCUT2D eigenvalue weighted by molar-refractivity contribution is 6.31. The maximum atomic E-state index is 11.8. The van der Waals surface area contributed by atoms with E-state index in [1.807, 2.05) is 24.4 Å². The number of rotatable bonds is 9. The van der Waals surface area contributed by atoms with Crippen molar-refractivity contribution in [2.75, 3.05) is 13.1 Å². The highest BCUT2D eigenvalue weighted by Gasteiger charge is 2.05. The SMILES string of the molecule is NCCCCCCC(=O)NCCc1c[nH]c2ccc(Cl)cc12. The number of nitrogens with two attached hydrogens (primary N) is 1. The van der Waals surface area contributed by atoms with Crippen LogP contribution in [0, 0.1) is 0 Å². The maximum Gasteiger partial charge on any atom is 0.220 e. The summed E-state index contributed by atoms with van der Waals surface area (Å²) < 4.78 is 0. The van der Waals surface area contributed by atoms with Gasteiger partial charge in [0.1, 0.15) is 0 Å². The lowest BCUT2D eigenvalue weighted by molar-refractivity contribution is -0.121. The zero-order valence-electron chi connectivity index (χ0n) is 12.8. The Morgan fingerprint density at radius 1 is 1.23 bits per heavy atom. The second-order valence-electron chi connectivity index (χ2n) is 5.56. The molecule has 5 heteroatoms. The number of unbranched alkanes of at least 4 members (excludes halogenated alkanes) is 3. The van der Waals surface area contributed by atoms with Crippen LogP contribution in [0.25, 0.3) is 10.9 Å². The molecule has 0 fully saturated rings. The third kappa shape index (κ3) is 5.04. The van der Waals surface area contributed by atoms with E-state index in [9.17, 15) is 4.79 Å². The molecule has 4 N–H and O–H groups in total. The van der Waals surface area contributed by atoms with E-state index in [4.69, 9.17) is 17.3 Å². The van der Waals surface area contributed by atoms with E-state index < -0.39 is 0 Å². The number of nitrogens with one attached hydrogen (secondary N) is 2. The lowest BCUT2D eigenvalue weighted by atomic mass is 10.1. The van der Waals surface area contributed by atoms with Crippen LogP contribution in [0.15, 0.2) is 24.4 Å². The summed E-state index contributed by atoms with van der Waals surface area (Å²) in [5.41, 5.74) is 7.70. The van der Waals surface area contributed by atoms with Crippen LogP contribution in [0.1, 0.15) is 37.7 Å². The van der Waals surface area contributed by atoms with Gasteiger partial charge in [-0.15, -0.1) is 0 Å². The van der Waals surface area contributed by atoms with Gasteiger partial charge >= 0.3 is 0 Å². The molecule has 1 amide bonds. The molecule has 0 bridgehead atoms. The summed E-state index contributed by atoms with van der Waals surface area (Å²) in [5.74, 6) is 0.130. The molecule has 0 saturated carbocycles. The number of benzene rings is 1. The van der Waals surface area contributed by atoms with Crippen molar-refractivity contribution in [2.45, 2.75) is 38.5 Å². The van der Waals surface area contributed by atoms with E-state index in [2.05, 4.69) is 10.3 Å². The number of aromatic amines is 1. The summed E-state index contributed by atoms with van der Waals surface area (Å²) in [6.07, 6.45) is 7.56. The molecule has 0 unspecified atom stereocenters. The zero-order chi connectivity index (χ0) is 15.8. The van der Waals surface area contributed by atoms with E-state index in [0.717, 1.165) is 54.6 Å². The molecule has 1 heterocycles. The number of halogens is 1. The van der Waals surface area contributed by atoms with E-state index >= 15 is 0 Å². The molecule has 0 aliphatic carbocycles. The minimum atomic E-state index is 0.130. The van der Waals surface area contributed by atoms with Gasteiger partial charge in [-0.25, -0.2) is 0 Å². The number of carbonyl (C=O) groups is 1. The summed E-state index contributed by atoms with van der Waals surface area (Å²) >= 11 is 6.03. The number of fused-ring (bicyclic) bond motifs is 1. The van der Waals surface area contributed by atoms with Crippen molar-refractivity contribution in [1.29, 1.82) is 0 Å². The third-order valence-corrected chi connectivity index (χ3v) is 4.04. The number of hydrogen-bond acceptors (Lipinski definition) is 2. The average Bonchev–Trinajstić information content (AvgIpc) is 2.89. The highest BCUT2D eigenvalue weighted by Crippen LogP contribution is 2.22. The van der Waals surface area contributed by atoms with Gasteiger partial charge < -0.3 is 16.0 Å². The molecule has 0 radical (unpaired) electrons. The van der Waals surface area contributed by atoms with Gasteiger partial charge in [-0.1, -0.05) is 24.4 Å². The predicted octanol–water partition coefficient (Wildman–Crippen LogP) is 3.39. The normalized spacial score (nSPS) is 11.0. The van der Waals surface area contributed by atoms with E-state index in [1.165, 1.54) is 5.56 Å². The quantitative estimate of drug-likeness (QED) is 0.619. The first-order valence-electron chi connectivity index (χ1n) is 7.93. The standard InChI is InChI=1S/C17H24ClN3O/c18-14-6-7-16-15(11-14)13(12-21-16)8-10-20-17(22)5-3-1-2-4-9-19/h6-7,11-12,21H,1-5,8-10,19H2,(H,20,22). The first kappa shape index (κ1) is 16.8. The van der Waals surface area contributed by atoms with Gasteiger partial charge in [-0.2, -0.15) is 0 Å². The van der Waals surface area contributed by atoms with Crippen LogP contribution in [0.5, 0.6) is 0 Å². The van der Waals surface area contributed by atoms with Gasteiger partial charge in [0.25, 0.3) is 0 Å². The second-order valence-corrected chi connectivity index (χ2v) is 5.99. The predicted molar refractivity (Wildman–Crippen MR) is 92.2 cm³/mol. The third-order valence-electron chi connectivity index (χ3n) is 3.80. The first-order chi connectivity index (χ1) is 10.7. The Balaban J connectivity index is 1.71. The van der Waals surface area contributed by atoms with Crippen molar-refractivity contribution in [3.63, 3.8) is 0 Å². The van der Waals surface area contributed by atoms with Gasteiger partial charge in [-0.3, -0.25) is 4.79 Å². The molecule has 1 aromatic heterocycles. The summed E-state index contributed by atoms with van der Waals surface area (Å²) in [5, 5.41) is 4.84. The molecule has 1 aromatic carbocycles. The lowest BCUT2D eigenvalue weighted by Gasteiger charge is -2.05. The topological polar surface area (TPSA) is 70.9 Å². The Hall–Kier alpha value is -1.52. The Kier molecular flexibility index (Phi) is 6.74. The molecule has 4 nitrogen and oxygen atoms in total. The maximum absolute atomic E-state index is 11.8. The van der Waals surface area contributed by atoms with Crippen LogP contribution in [-0.4, -0.2) is 24.0 Å². The molecule has 0 aliphatic rings. The van der Waals surface area contributed by atoms with Gasteiger partial charge in [0.15, 0.2) is 0 Å². The van der Waals surface area contributed by atoms with Gasteiger partial charge in [0, 0.05) is 35.1 Å². The lowest BCUT2D eigenvalue weighted by Crippen LogP contribution is -2.25.